The Balaban J connectivity index is 1.33. The summed E-state index contributed by atoms with van der Waals surface area (Å²) in [6, 6.07) is -0.441. The Labute approximate surface area is 251 Å². The highest BCUT2D eigenvalue weighted by molar-refractivity contribution is 5.79. The lowest BCUT2D eigenvalue weighted by molar-refractivity contribution is -0.887. The maximum atomic E-state index is 13.2. The Bertz CT molecular complexity index is 966. The first-order chi connectivity index (χ1) is 19.2. The smallest absolute Gasteiger partial charge is 0.362 e. The van der Waals surface area contributed by atoms with Crippen molar-refractivity contribution >= 4 is 11.9 Å². The van der Waals surface area contributed by atoms with Crippen molar-refractivity contribution < 1.29 is 19.2 Å². The first-order valence-electron chi connectivity index (χ1n) is 17.2. The average Bonchev–Trinajstić information content (AvgIpc) is 3.24. The molecule has 0 aromatic rings. The first kappa shape index (κ1) is 32.6. The minimum atomic E-state index is -0.759. The zero-order chi connectivity index (χ0) is 30.2. The molecule has 9 atom stereocenters. The molecule has 5 heteroatoms. The lowest BCUT2D eigenvalue weighted by atomic mass is 9.46. The fourth-order valence-electron chi connectivity index (χ4n) is 10.4. The predicted molar refractivity (Wildman–Crippen MR) is 168 cm³/mol. The molecule has 5 unspecified atom stereocenters. The van der Waals surface area contributed by atoms with Crippen LogP contribution in [0.1, 0.15) is 118 Å². The number of allylic oxidation sites excluding steroid dienone is 2. The summed E-state index contributed by atoms with van der Waals surface area (Å²) in [7, 11) is 5.77. The van der Waals surface area contributed by atoms with Gasteiger partial charge in [0.2, 0.25) is 5.91 Å². The first-order valence-corrected chi connectivity index (χ1v) is 17.2. The van der Waals surface area contributed by atoms with E-state index in [0.29, 0.717) is 29.3 Å². The SMILES string of the molecule is CC(C)CCC[C@@H](C)[C@H]1CCC2C3CC=C4CC(C(=O)NCCCC(C(=O)O)[N+](C)(C)C)CC[C@]4(C)C3CC[C@@]21C. The molecule has 0 aromatic heterocycles. The van der Waals surface area contributed by atoms with Crippen LogP contribution in [-0.4, -0.2) is 55.2 Å². The maximum absolute atomic E-state index is 13.2. The summed E-state index contributed by atoms with van der Waals surface area (Å²) < 4.78 is 0.402. The van der Waals surface area contributed by atoms with E-state index in [4.69, 9.17) is 0 Å². The summed E-state index contributed by atoms with van der Waals surface area (Å²) in [5, 5.41) is 12.7. The third kappa shape index (κ3) is 6.75. The molecule has 3 saturated carbocycles. The largest absolute Gasteiger partial charge is 0.477 e. The number of nitrogens with zero attached hydrogens (tertiary/aromatic N) is 1. The number of carboxylic acid groups (broad SMARTS) is 1. The predicted octanol–water partition coefficient (Wildman–Crippen LogP) is 7.70. The molecule has 0 saturated heterocycles. The molecule has 3 fully saturated rings. The summed E-state index contributed by atoms with van der Waals surface area (Å²) in [5.41, 5.74) is 2.35. The fourth-order valence-corrected chi connectivity index (χ4v) is 10.4. The van der Waals surface area contributed by atoms with Crippen molar-refractivity contribution in [2.24, 2.45) is 52.3 Å². The number of carboxylic acids is 1. The van der Waals surface area contributed by atoms with Crippen molar-refractivity contribution in [2.45, 2.75) is 124 Å². The average molecular weight is 572 g/mol. The molecule has 4 aliphatic carbocycles. The van der Waals surface area contributed by atoms with Gasteiger partial charge in [-0.1, -0.05) is 65.5 Å². The number of fused-ring (bicyclic) bond motifs is 5. The summed E-state index contributed by atoms with van der Waals surface area (Å²) in [4.78, 5) is 24.8. The number of carbonyl (C=O) groups is 2. The Morgan fingerprint density at radius 1 is 0.976 bits per heavy atom. The number of rotatable bonds is 12. The maximum Gasteiger partial charge on any atom is 0.362 e. The van der Waals surface area contributed by atoms with Crippen molar-refractivity contribution in [3.8, 4) is 0 Å². The van der Waals surface area contributed by atoms with E-state index in [1.54, 1.807) is 5.57 Å². The molecule has 5 nitrogen and oxygen atoms in total. The van der Waals surface area contributed by atoms with E-state index >= 15 is 0 Å². The lowest BCUT2D eigenvalue weighted by Gasteiger charge is -2.58. The van der Waals surface area contributed by atoms with Crippen LogP contribution in [0.2, 0.25) is 0 Å². The van der Waals surface area contributed by atoms with E-state index in [-0.39, 0.29) is 17.2 Å². The van der Waals surface area contributed by atoms with Gasteiger partial charge in [0.05, 0.1) is 21.1 Å². The number of hydrogen-bond acceptors (Lipinski definition) is 2. The number of nitrogens with one attached hydrogen (secondary N) is 1. The molecule has 0 spiro atoms. The van der Waals surface area contributed by atoms with E-state index in [1.165, 1.54) is 51.4 Å². The molecule has 4 rings (SSSR count). The molecule has 1 amide bonds. The van der Waals surface area contributed by atoms with Gasteiger partial charge in [-0.15, -0.1) is 0 Å². The van der Waals surface area contributed by atoms with Crippen molar-refractivity contribution in [1.29, 1.82) is 0 Å². The third-order valence-electron chi connectivity index (χ3n) is 12.8. The number of carbonyl (C=O) groups excluding carboxylic acids is 1. The van der Waals surface area contributed by atoms with Crippen LogP contribution in [0.15, 0.2) is 11.6 Å². The number of quaternary nitrogens is 1. The number of likely N-dealkylation sites (N-methyl/N-ethyl adjacent to an activating group) is 1. The molecule has 234 valence electrons. The quantitative estimate of drug-likeness (QED) is 0.143. The Morgan fingerprint density at radius 3 is 2.37 bits per heavy atom. The van der Waals surface area contributed by atoms with Crippen LogP contribution in [0.4, 0.5) is 0 Å². The van der Waals surface area contributed by atoms with Crippen LogP contribution in [0, 0.1) is 52.3 Å². The van der Waals surface area contributed by atoms with Crippen LogP contribution >= 0.6 is 0 Å². The van der Waals surface area contributed by atoms with E-state index in [1.807, 2.05) is 21.1 Å². The molecule has 4 aliphatic rings. The number of aliphatic carboxylic acids is 1. The lowest BCUT2D eigenvalue weighted by Crippen LogP contribution is -2.51. The minimum Gasteiger partial charge on any atom is -0.477 e. The van der Waals surface area contributed by atoms with Gasteiger partial charge in [0.1, 0.15) is 0 Å². The highest BCUT2D eigenvalue weighted by Gasteiger charge is 2.59. The number of amides is 1. The Morgan fingerprint density at radius 2 is 1.71 bits per heavy atom. The van der Waals surface area contributed by atoms with Crippen LogP contribution in [0.25, 0.3) is 0 Å². The standard InChI is InChI=1S/C36H62N2O3/c1-24(2)11-9-12-25(3)29-16-17-30-28-15-14-27-23-26(18-20-35(27,4)31(28)19-21-36(29,30)5)33(39)37-22-10-13-32(34(40)41)38(6,7)8/h14,24-26,28-32H,9-13,15-23H2,1-8H3,(H-,37,39,40,41)/p+1/t25-,26?,28?,29-,30?,31?,32?,35+,36-/m1/s1. The molecule has 0 bridgehead atoms. The second kappa shape index (κ2) is 12.7. The topological polar surface area (TPSA) is 66.4 Å². The highest BCUT2D eigenvalue weighted by atomic mass is 16.4. The summed E-state index contributed by atoms with van der Waals surface area (Å²) in [6.45, 7) is 13.1. The van der Waals surface area contributed by atoms with Crippen molar-refractivity contribution in [3.05, 3.63) is 11.6 Å². The van der Waals surface area contributed by atoms with Crippen LogP contribution in [0.3, 0.4) is 0 Å². The summed E-state index contributed by atoms with van der Waals surface area (Å²) in [5.74, 6) is 4.52. The van der Waals surface area contributed by atoms with E-state index < -0.39 is 12.0 Å². The van der Waals surface area contributed by atoms with Crippen molar-refractivity contribution in [3.63, 3.8) is 0 Å². The second-order valence-corrected chi connectivity index (χ2v) is 16.6. The third-order valence-corrected chi connectivity index (χ3v) is 12.8. The van der Waals surface area contributed by atoms with Gasteiger partial charge in [-0.3, -0.25) is 4.79 Å². The van der Waals surface area contributed by atoms with Gasteiger partial charge in [0.15, 0.2) is 6.04 Å². The van der Waals surface area contributed by atoms with Gasteiger partial charge in [-0.05, 0) is 104 Å². The van der Waals surface area contributed by atoms with Crippen molar-refractivity contribution in [1.82, 2.24) is 5.32 Å². The van der Waals surface area contributed by atoms with Gasteiger partial charge >= 0.3 is 5.97 Å². The van der Waals surface area contributed by atoms with Crippen LogP contribution < -0.4 is 5.32 Å². The highest BCUT2D eigenvalue weighted by Crippen LogP contribution is 2.67. The number of hydrogen-bond donors (Lipinski definition) is 2. The molecule has 2 N–H and O–H groups in total. The fraction of sp³-hybridized carbons (Fsp3) is 0.889. The van der Waals surface area contributed by atoms with Gasteiger partial charge in [-0.25, -0.2) is 4.79 Å². The molecule has 0 aliphatic heterocycles. The zero-order valence-corrected chi connectivity index (χ0v) is 27.8. The normalized spacial score (nSPS) is 36.5. The molecule has 0 aromatic carbocycles. The van der Waals surface area contributed by atoms with Crippen LogP contribution in [-0.2, 0) is 9.59 Å². The monoisotopic (exact) mass is 571 g/mol. The van der Waals surface area contributed by atoms with E-state index in [9.17, 15) is 14.7 Å². The van der Waals surface area contributed by atoms with Gasteiger partial charge in [0.25, 0.3) is 0 Å². The van der Waals surface area contributed by atoms with E-state index in [2.05, 4.69) is 46.0 Å². The van der Waals surface area contributed by atoms with Gasteiger partial charge in [0, 0.05) is 18.9 Å². The molecule has 41 heavy (non-hydrogen) atoms. The van der Waals surface area contributed by atoms with E-state index in [0.717, 1.165) is 54.8 Å². The summed E-state index contributed by atoms with van der Waals surface area (Å²) in [6.07, 6.45) is 17.9. The molecule has 0 heterocycles. The Hall–Kier alpha value is -1.36. The molecule has 0 radical (unpaired) electrons. The van der Waals surface area contributed by atoms with Gasteiger partial charge < -0.3 is 14.9 Å². The minimum absolute atomic E-state index is 0.0657. The Kier molecular flexibility index (Phi) is 10.1. The molecular formula is C36H63N2O3+. The molecular weight excluding hydrogens is 508 g/mol. The second-order valence-electron chi connectivity index (χ2n) is 16.6. The van der Waals surface area contributed by atoms with Gasteiger partial charge in [-0.2, -0.15) is 0 Å². The zero-order valence-electron chi connectivity index (χ0n) is 27.8. The van der Waals surface area contributed by atoms with Crippen molar-refractivity contribution in [2.75, 3.05) is 27.7 Å². The van der Waals surface area contributed by atoms with Crippen LogP contribution in [0.5, 0.6) is 0 Å². The summed E-state index contributed by atoms with van der Waals surface area (Å²) >= 11 is 0.